The fourth-order valence-electron chi connectivity index (χ4n) is 2.75. The summed E-state index contributed by atoms with van der Waals surface area (Å²) >= 11 is 0. The van der Waals surface area contributed by atoms with Crippen molar-refractivity contribution >= 4 is 5.96 Å². The zero-order valence-corrected chi connectivity index (χ0v) is 17.8. The number of nitrogens with zero attached hydrogens (tertiary/aromatic N) is 4. The van der Waals surface area contributed by atoms with Crippen LogP contribution in [0.5, 0.6) is 5.75 Å². The number of rotatable bonds is 8. The molecule has 2 aromatic rings. The van der Waals surface area contributed by atoms with Gasteiger partial charge in [-0.25, -0.2) is 0 Å². The Balaban J connectivity index is 1.90. The molecule has 0 aliphatic heterocycles. The largest absolute Gasteiger partial charge is 0.488 e. The van der Waals surface area contributed by atoms with Crippen LogP contribution in [-0.2, 0) is 19.3 Å². The van der Waals surface area contributed by atoms with E-state index in [1.165, 1.54) is 6.07 Å². The molecule has 1 heterocycles. The van der Waals surface area contributed by atoms with Crippen molar-refractivity contribution in [2.45, 2.75) is 58.5 Å². The van der Waals surface area contributed by atoms with Crippen molar-refractivity contribution in [1.82, 2.24) is 25.4 Å². The molecule has 0 radical (unpaired) electrons. The summed E-state index contributed by atoms with van der Waals surface area (Å²) in [4.78, 5) is 4.07. The number of unbranched alkanes of at least 4 members (excludes halogenated alkanes) is 1. The fraction of sp³-hybridized carbons (Fsp3) is 0.550. The van der Waals surface area contributed by atoms with Gasteiger partial charge in [-0.3, -0.25) is 4.99 Å². The summed E-state index contributed by atoms with van der Waals surface area (Å²) in [7, 11) is 1.58. The molecule has 7 nitrogen and oxygen atoms in total. The van der Waals surface area contributed by atoms with Crippen LogP contribution in [0.3, 0.4) is 0 Å². The first kappa shape index (κ1) is 23.5. The molecule has 0 bridgehead atoms. The van der Waals surface area contributed by atoms with E-state index in [0.29, 0.717) is 12.5 Å². The number of hydrogen-bond acceptors (Lipinski definition) is 4. The van der Waals surface area contributed by atoms with Crippen LogP contribution in [0.25, 0.3) is 0 Å². The van der Waals surface area contributed by atoms with E-state index < -0.39 is 17.3 Å². The van der Waals surface area contributed by atoms with Gasteiger partial charge in [-0.1, -0.05) is 6.07 Å². The van der Waals surface area contributed by atoms with E-state index in [9.17, 15) is 13.2 Å². The number of nitrogens with one attached hydrogen (secondary N) is 2. The lowest BCUT2D eigenvalue weighted by atomic mass is 10.1. The van der Waals surface area contributed by atoms with Crippen molar-refractivity contribution in [2.75, 3.05) is 13.6 Å². The minimum atomic E-state index is -4.48. The maximum Gasteiger partial charge on any atom is 0.416 e. The summed E-state index contributed by atoms with van der Waals surface area (Å²) < 4.78 is 48.1. The molecule has 0 aliphatic carbocycles. The second-order valence-electron chi connectivity index (χ2n) is 7.79. The number of halogens is 3. The molecule has 1 aromatic heterocycles. The Hall–Kier alpha value is -2.78. The lowest BCUT2D eigenvalue weighted by Gasteiger charge is -2.23. The molecule has 0 unspecified atom stereocenters. The van der Waals surface area contributed by atoms with Crippen molar-refractivity contribution < 1.29 is 17.9 Å². The van der Waals surface area contributed by atoms with Gasteiger partial charge in [-0.05, 0) is 51.3 Å². The zero-order valence-electron chi connectivity index (χ0n) is 17.8. The van der Waals surface area contributed by atoms with E-state index in [1.54, 1.807) is 46.5 Å². The number of guanidine groups is 1. The molecular weight excluding hydrogens is 397 g/mol. The smallest absolute Gasteiger partial charge is 0.416 e. The van der Waals surface area contributed by atoms with Gasteiger partial charge in [-0.15, -0.1) is 10.2 Å². The van der Waals surface area contributed by atoms with Crippen LogP contribution >= 0.6 is 0 Å². The highest BCUT2D eigenvalue weighted by molar-refractivity contribution is 5.79. The molecule has 0 saturated carbocycles. The molecule has 30 heavy (non-hydrogen) atoms. The van der Waals surface area contributed by atoms with Crippen molar-refractivity contribution in [1.29, 1.82) is 0 Å². The van der Waals surface area contributed by atoms with Crippen molar-refractivity contribution in [3.05, 3.63) is 42.0 Å². The Morgan fingerprint density at radius 3 is 2.40 bits per heavy atom. The van der Waals surface area contributed by atoms with E-state index in [0.717, 1.165) is 25.5 Å². The number of aromatic nitrogens is 3. The van der Waals surface area contributed by atoms with Crippen LogP contribution in [0.2, 0.25) is 0 Å². The van der Waals surface area contributed by atoms with Crippen LogP contribution in [0.15, 0.2) is 35.8 Å². The number of benzene rings is 1. The standard InChI is InChI=1S/C20H29F3N6O/c1-19(2,3)30-16-8-7-15(17(11-16)20(21,22)23)12-26-18(24-4)25-9-5-6-10-29-13-27-28-14-29/h7-8,11,13-14H,5-6,9-10,12H2,1-4H3,(H2,24,25,26). The van der Waals surface area contributed by atoms with Gasteiger partial charge in [0, 0.05) is 26.7 Å². The van der Waals surface area contributed by atoms with Gasteiger partial charge in [0.25, 0.3) is 0 Å². The Kier molecular flexibility index (Phi) is 8.08. The van der Waals surface area contributed by atoms with Crippen LogP contribution in [0.1, 0.15) is 44.7 Å². The predicted octanol–water partition coefficient (Wildman–Crippen LogP) is 3.62. The maximum atomic E-state index is 13.5. The van der Waals surface area contributed by atoms with Gasteiger partial charge in [0.05, 0.1) is 5.56 Å². The van der Waals surface area contributed by atoms with E-state index >= 15 is 0 Å². The van der Waals surface area contributed by atoms with E-state index in [1.807, 2.05) is 4.57 Å². The molecule has 0 atom stereocenters. The normalized spacial score (nSPS) is 12.7. The Morgan fingerprint density at radius 1 is 1.10 bits per heavy atom. The average molecular weight is 426 g/mol. The van der Waals surface area contributed by atoms with Crippen LogP contribution in [0.4, 0.5) is 13.2 Å². The first-order valence-electron chi connectivity index (χ1n) is 9.74. The molecule has 1 aromatic carbocycles. The second-order valence-corrected chi connectivity index (χ2v) is 7.79. The van der Waals surface area contributed by atoms with Crippen LogP contribution in [0, 0.1) is 0 Å². The summed E-state index contributed by atoms with van der Waals surface area (Å²) in [5.41, 5.74) is -1.18. The van der Waals surface area contributed by atoms with E-state index in [-0.39, 0.29) is 17.9 Å². The SMILES string of the molecule is CN=C(NCCCCn1cnnc1)NCc1ccc(OC(C)(C)C)cc1C(F)(F)F. The molecule has 0 aliphatic rings. The molecule has 10 heteroatoms. The minimum Gasteiger partial charge on any atom is -0.488 e. The monoisotopic (exact) mass is 426 g/mol. The Morgan fingerprint density at radius 2 is 1.80 bits per heavy atom. The lowest BCUT2D eigenvalue weighted by molar-refractivity contribution is -0.138. The fourth-order valence-corrected chi connectivity index (χ4v) is 2.75. The summed E-state index contributed by atoms with van der Waals surface area (Å²) in [6.45, 7) is 6.81. The summed E-state index contributed by atoms with van der Waals surface area (Å²) in [6, 6.07) is 4.03. The topological polar surface area (TPSA) is 76.4 Å². The van der Waals surface area contributed by atoms with Gasteiger partial charge in [0.1, 0.15) is 24.0 Å². The lowest BCUT2D eigenvalue weighted by Crippen LogP contribution is -2.37. The van der Waals surface area contributed by atoms with Gasteiger partial charge in [-0.2, -0.15) is 13.2 Å². The predicted molar refractivity (Wildman–Crippen MR) is 109 cm³/mol. The number of ether oxygens (including phenoxy) is 1. The summed E-state index contributed by atoms with van der Waals surface area (Å²) in [5, 5.41) is 13.5. The number of hydrogen-bond donors (Lipinski definition) is 2. The highest BCUT2D eigenvalue weighted by atomic mass is 19.4. The molecule has 0 fully saturated rings. The molecule has 0 amide bonds. The zero-order chi connectivity index (χ0) is 22.2. The summed E-state index contributed by atoms with van der Waals surface area (Å²) in [6.07, 6.45) is 0.613. The van der Waals surface area contributed by atoms with Crippen LogP contribution in [-0.4, -0.2) is 39.9 Å². The van der Waals surface area contributed by atoms with Gasteiger partial charge in [0.2, 0.25) is 0 Å². The van der Waals surface area contributed by atoms with E-state index in [2.05, 4.69) is 25.8 Å². The van der Waals surface area contributed by atoms with Crippen LogP contribution < -0.4 is 15.4 Å². The Bertz CT molecular complexity index is 813. The third-order valence-electron chi connectivity index (χ3n) is 4.08. The molecule has 2 N–H and O–H groups in total. The second kappa shape index (κ2) is 10.3. The molecular formula is C20H29F3N6O. The molecule has 0 saturated heterocycles. The first-order chi connectivity index (χ1) is 14.1. The minimum absolute atomic E-state index is 0.00891. The van der Waals surface area contributed by atoms with Crippen molar-refractivity contribution in [3.63, 3.8) is 0 Å². The number of alkyl halides is 3. The summed E-state index contributed by atoms with van der Waals surface area (Å²) in [5.74, 6) is 0.636. The van der Waals surface area contributed by atoms with Crippen molar-refractivity contribution in [2.24, 2.45) is 4.99 Å². The van der Waals surface area contributed by atoms with Gasteiger partial charge in [0.15, 0.2) is 5.96 Å². The van der Waals surface area contributed by atoms with Crippen molar-refractivity contribution in [3.8, 4) is 5.75 Å². The molecule has 166 valence electrons. The maximum absolute atomic E-state index is 13.5. The number of aliphatic imine (C=N–C) groups is 1. The third-order valence-corrected chi connectivity index (χ3v) is 4.08. The Labute approximate surface area is 174 Å². The van der Waals surface area contributed by atoms with Gasteiger partial charge >= 0.3 is 6.18 Å². The highest BCUT2D eigenvalue weighted by Gasteiger charge is 2.34. The number of aryl methyl sites for hydroxylation is 1. The van der Waals surface area contributed by atoms with Gasteiger partial charge < -0.3 is 19.9 Å². The molecule has 0 spiro atoms. The quantitative estimate of drug-likeness (QED) is 0.383. The first-order valence-corrected chi connectivity index (χ1v) is 9.74. The third kappa shape index (κ3) is 7.92. The average Bonchev–Trinajstić information content (AvgIpc) is 3.16. The highest BCUT2D eigenvalue weighted by Crippen LogP contribution is 2.35. The molecule has 2 rings (SSSR count). The van der Waals surface area contributed by atoms with E-state index in [4.69, 9.17) is 4.74 Å².